The number of carbonyl (C=O) groups excluding carboxylic acids is 2. The van der Waals surface area contributed by atoms with Crippen LogP contribution in [0.5, 0.6) is 11.5 Å². The summed E-state index contributed by atoms with van der Waals surface area (Å²) in [5, 5.41) is 14.4. The van der Waals surface area contributed by atoms with E-state index in [2.05, 4.69) is 26.6 Å². The number of ether oxygens (including phenoxy) is 2. The van der Waals surface area contributed by atoms with Gasteiger partial charge in [0.25, 0.3) is 11.8 Å². The van der Waals surface area contributed by atoms with Gasteiger partial charge in [-0.05, 0) is 72.3 Å². The standard InChI is InChI=1S/C24H17BrN2O6/c25-17-6-2-15(3-7-17)22(28)27-19(11-14-1-10-20-21(12-14)33-13-32-20)23(29)26-18-8-4-16(5-9-18)24(30)31/h1-12H,13H2,(H,26,29)(H,27,28)(H,30,31)/b19-11-. The molecule has 0 spiro atoms. The second-order valence-corrected chi connectivity index (χ2v) is 7.88. The maximum absolute atomic E-state index is 13.0. The van der Waals surface area contributed by atoms with Gasteiger partial charge in [0.1, 0.15) is 5.70 Å². The number of halogens is 1. The van der Waals surface area contributed by atoms with Crippen LogP contribution in [-0.4, -0.2) is 29.7 Å². The summed E-state index contributed by atoms with van der Waals surface area (Å²) >= 11 is 3.32. The highest BCUT2D eigenvalue weighted by Crippen LogP contribution is 2.33. The van der Waals surface area contributed by atoms with Crippen molar-refractivity contribution in [2.45, 2.75) is 0 Å². The summed E-state index contributed by atoms with van der Waals surface area (Å²) in [5.74, 6) is -0.993. The summed E-state index contributed by atoms with van der Waals surface area (Å²) in [6, 6.07) is 17.5. The molecule has 0 radical (unpaired) electrons. The fraction of sp³-hybridized carbons (Fsp3) is 0.0417. The van der Waals surface area contributed by atoms with Crippen LogP contribution in [0.4, 0.5) is 5.69 Å². The number of carbonyl (C=O) groups is 3. The lowest BCUT2D eigenvalue weighted by atomic mass is 10.1. The van der Waals surface area contributed by atoms with Crippen LogP contribution in [0.15, 0.2) is 76.9 Å². The molecular weight excluding hydrogens is 492 g/mol. The average Bonchev–Trinajstić information content (AvgIpc) is 3.27. The van der Waals surface area contributed by atoms with Gasteiger partial charge in [-0.2, -0.15) is 0 Å². The first-order chi connectivity index (χ1) is 15.9. The average molecular weight is 509 g/mol. The number of aromatic carboxylic acids is 1. The summed E-state index contributed by atoms with van der Waals surface area (Å²) in [7, 11) is 0. The minimum atomic E-state index is -1.07. The molecule has 0 bridgehead atoms. The molecule has 0 saturated heterocycles. The first-order valence-electron chi connectivity index (χ1n) is 9.72. The third kappa shape index (κ3) is 5.39. The van der Waals surface area contributed by atoms with Gasteiger partial charge in [-0.1, -0.05) is 22.0 Å². The Labute approximate surface area is 197 Å². The molecule has 33 heavy (non-hydrogen) atoms. The molecule has 2 amide bonds. The Morgan fingerprint density at radius 1 is 0.879 bits per heavy atom. The molecule has 0 fully saturated rings. The highest BCUT2D eigenvalue weighted by Gasteiger charge is 2.17. The number of amides is 2. The van der Waals surface area contributed by atoms with Gasteiger partial charge in [0, 0.05) is 15.7 Å². The van der Waals surface area contributed by atoms with Crippen LogP contribution in [0.2, 0.25) is 0 Å². The van der Waals surface area contributed by atoms with Gasteiger partial charge >= 0.3 is 5.97 Å². The zero-order valence-corrected chi connectivity index (χ0v) is 18.6. The number of nitrogens with one attached hydrogen (secondary N) is 2. The Morgan fingerprint density at radius 2 is 1.55 bits per heavy atom. The third-order valence-electron chi connectivity index (χ3n) is 4.70. The number of hydrogen-bond donors (Lipinski definition) is 3. The molecule has 3 aromatic rings. The molecule has 3 aromatic carbocycles. The second-order valence-electron chi connectivity index (χ2n) is 6.97. The van der Waals surface area contributed by atoms with E-state index in [1.165, 1.54) is 30.3 Å². The lowest BCUT2D eigenvalue weighted by molar-refractivity contribution is -0.113. The fourth-order valence-electron chi connectivity index (χ4n) is 3.02. The van der Waals surface area contributed by atoms with Gasteiger partial charge < -0.3 is 25.2 Å². The minimum Gasteiger partial charge on any atom is -0.478 e. The quantitative estimate of drug-likeness (QED) is 0.428. The summed E-state index contributed by atoms with van der Waals surface area (Å²) in [4.78, 5) is 36.8. The SMILES string of the molecule is O=C(Nc1ccc(C(=O)O)cc1)/C(=C/c1ccc2c(c1)OCO2)NC(=O)c1ccc(Br)cc1. The second kappa shape index (κ2) is 9.58. The van der Waals surface area contributed by atoms with Crippen molar-refractivity contribution >= 4 is 45.5 Å². The number of carboxylic acid groups (broad SMARTS) is 1. The number of rotatable bonds is 6. The predicted molar refractivity (Wildman–Crippen MR) is 124 cm³/mol. The zero-order valence-electron chi connectivity index (χ0n) is 17.0. The Hall–Kier alpha value is -4.11. The first kappa shape index (κ1) is 22.1. The molecule has 0 unspecified atom stereocenters. The van der Waals surface area contributed by atoms with Crippen LogP contribution < -0.4 is 20.1 Å². The smallest absolute Gasteiger partial charge is 0.335 e. The normalized spacial score (nSPS) is 12.2. The van der Waals surface area contributed by atoms with Crippen molar-refractivity contribution in [2.24, 2.45) is 0 Å². The van der Waals surface area contributed by atoms with E-state index in [0.717, 1.165) is 4.47 Å². The number of fused-ring (bicyclic) bond motifs is 1. The van der Waals surface area contributed by atoms with Crippen LogP contribution >= 0.6 is 15.9 Å². The van der Waals surface area contributed by atoms with Gasteiger partial charge in [-0.15, -0.1) is 0 Å². The van der Waals surface area contributed by atoms with E-state index in [1.807, 2.05) is 0 Å². The molecule has 0 aliphatic carbocycles. The Balaban J connectivity index is 1.61. The van der Waals surface area contributed by atoms with Crippen LogP contribution in [0, 0.1) is 0 Å². The minimum absolute atomic E-state index is 0.0101. The van der Waals surface area contributed by atoms with Gasteiger partial charge in [-0.25, -0.2) is 4.79 Å². The van der Waals surface area contributed by atoms with Crippen LogP contribution in [0.25, 0.3) is 6.08 Å². The highest BCUT2D eigenvalue weighted by atomic mass is 79.9. The van der Waals surface area contributed by atoms with E-state index in [-0.39, 0.29) is 18.1 Å². The molecule has 1 aliphatic heterocycles. The molecule has 4 rings (SSSR count). The molecule has 0 atom stereocenters. The van der Waals surface area contributed by atoms with E-state index >= 15 is 0 Å². The summed E-state index contributed by atoms with van der Waals surface area (Å²) in [6.07, 6.45) is 1.51. The summed E-state index contributed by atoms with van der Waals surface area (Å²) in [5.41, 5.74) is 1.44. The molecule has 0 saturated carbocycles. The Morgan fingerprint density at radius 3 is 2.24 bits per heavy atom. The lowest BCUT2D eigenvalue weighted by Crippen LogP contribution is -2.30. The van der Waals surface area contributed by atoms with Gasteiger partial charge in [0.05, 0.1) is 5.56 Å². The largest absolute Gasteiger partial charge is 0.478 e. The molecule has 3 N–H and O–H groups in total. The van der Waals surface area contributed by atoms with Crippen molar-refractivity contribution in [1.82, 2.24) is 5.32 Å². The zero-order chi connectivity index (χ0) is 23.4. The van der Waals surface area contributed by atoms with Crippen molar-refractivity contribution in [3.63, 3.8) is 0 Å². The van der Waals surface area contributed by atoms with Crippen molar-refractivity contribution < 1.29 is 29.0 Å². The van der Waals surface area contributed by atoms with Gasteiger partial charge in [0.15, 0.2) is 11.5 Å². The van der Waals surface area contributed by atoms with Crippen LogP contribution in [0.3, 0.4) is 0 Å². The van der Waals surface area contributed by atoms with Crippen molar-refractivity contribution in [3.8, 4) is 11.5 Å². The number of benzene rings is 3. The van der Waals surface area contributed by atoms with E-state index in [0.29, 0.717) is 28.3 Å². The molecule has 0 aromatic heterocycles. The topological polar surface area (TPSA) is 114 Å². The van der Waals surface area contributed by atoms with Crippen molar-refractivity contribution in [2.75, 3.05) is 12.1 Å². The monoisotopic (exact) mass is 508 g/mol. The summed E-state index contributed by atoms with van der Waals surface area (Å²) < 4.78 is 11.5. The van der Waals surface area contributed by atoms with E-state index < -0.39 is 17.8 Å². The molecule has 166 valence electrons. The summed E-state index contributed by atoms with van der Waals surface area (Å²) in [6.45, 7) is 0.114. The Kier molecular flexibility index (Phi) is 6.41. The van der Waals surface area contributed by atoms with E-state index in [4.69, 9.17) is 14.6 Å². The molecule has 1 aliphatic rings. The number of anilines is 1. The van der Waals surface area contributed by atoms with E-state index in [1.54, 1.807) is 42.5 Å². The maximum Gasteiger partial charge on any atom is 0.335 e. The van der Waals surface area contributed by atoms with Crippen molar-refractivity contribution in [3.05, 3.63) is 93.6 Å². The maximum atomic E-state index is 13.0. The van der Waals surface area contributed by atoms with Crippen LogP contribution in [-0.2, 0) is 4.79 Å². The fourth-order valence-corrected chi connectivity index (χ4v) is 3.28. The molecular formula is C24H17BrN2O6. The van der Waals surface area contributed by atoms with Crippen LogP contribution in [0.1, 0.15) is 26.3 Å². The third-order valence-corrected chi connectivity index (χ3v) is 5.23. The first-order valence-corrected chi connectivity index (χ1v) is 10.5. The Bertz CT molecular complexity index is 1250. The number of hydrogen-bond acceptors (Lipinski definition) is 5. The molecule has 9 heteroatoms. The van der Waals surface area contributed by atoms with Crippen molar-refractivity contribution in [1.29, 1.82) is 0 Å². The van der Waals surface area contributed by atoms with Gasteiger partial charge in [-0.3, -0.25) is 9.59 Å². The predicted octanol–water partition coefficient (Wildman–Crippen LogP) is 4.29. The van der Waals surface area contributed by atoms with Gasteiger partial charge in [0.2, 0.25) is 6.79 Å². The molecule has 8 nitrogen and oxygen atoms in total. The number of carboxylic acids is 1. The van der Waals surface area contributed by atoms with E-state index in [9.17, 15) is 14.4 Å². The molecule has 1 heterocycles. The lowest BCUT2D eigenvalue weighted by Gasteiger charge is -2.12. The highest BCUT2D eigenvalue weighted by molar-refractivity contribution is 9.10.